The Balaban J connectivity index is 2.52. The quantitative estimate of drug-likeness (QED) is 0.183. The molecule has 1 aliphatic carbocycles. The molecule has 0 heterocycles. The van der Waals surface area contributed by atoms with Gasteiger partial charge in [0.05, 0.1) is 29.9 Å². The van der Waals surface area contributed by atoms with Crippen LogP contribution in [0.25, 0.3) is 0 Å². The minimum atomic E-state index is -1.20. The van der Waals surface area contributed by atoms with Gasteiger partial charge >= 0.3 is 0 Å². The smallest absolute Gasteiger partial charge is 0.247 e. The van der Waals surface area contributed by atoms with Crippen LogP contribution in [0.1, 0.15) is 30.6 Å². The number of carbonyl (C=O) groups is 3. The lowest BCUT2D eigenvalue weighted by atomic mass is 9.88. The van der Waals surface area contributed by atoms with Crippen LogP contribution in [0.15, 0.2) is 35.4 Å². The first-order valence-electron chi connectivity index (χ1n) is 11.4. The Bertz CT molecular complexity index is 1010. The van der Waals surface area contributed by atoms with Crippen molar-refractivity contribution in [1.29, 1.82) is 0 Å². The summed E-state index contributed by atoms with van der Waals surface area (Å²) in [5, 5.41) is 23.1. The number of ether oxygens (including phenoxy) is 3. The number of aliphatic hydroxyl groups excluding tert-OH is 2. The van der Waals surface area contributed by atoms with Crippen LogP contribution in [0.5, 0.6) is 11.5 Å². The summed E-state index contributed by atoms with van der Waals surface area (Å²) in [5.41, 5.74) is 1.48. The predicted octanol–water partition coefficient (Wildman–Crippen LogP) is 1.47. The van der Waals surface area contributed by atoms with Gasteiger partial charge in [0.1, 0.15) is 18.5 Å². The SMILES string of the molecule is COCCN(C(=O)C=C(C)C)[C@@H]1CC(C(=O)NCCO)=C[C@H](Oc2c(I)cc(C=O)cc2OC)[C@H]1O. The van der Waals surface area contributed by atoms with Crippen LogP contribution >= 0.6 is 22.6 Å². The van der Waals surface area contributed by atoms with Crippen LogP contribution in [-0.2, 0) is 14.3 Å². The van der Waals surface area contributed by atoms with Gasteiger partial charge in [-0.15, -0.1) is 0 Å². The van der Waals surface area contributed by atoms with Crippen molar-refractivity contribution in [3.8, 4) is 11.5 Å². The summed E-state index contributed by atoms with van der Waals surface area (Å²) in [6.45, 7) is 3.82. The maximum Gasteiger partial charge on any atom is 0.247 e. The van der Waals surface area contributed by atoms with E-state index >= 15 is 0 Å². The molecular formula is C25H33IN2O8. The highest BCUT2D eigenvalue weighted by Crippen LogP contribution is 2.36. The number of aldehydes is 1. The van der Waals surface area contributed by atoms with Gasteiger partial charge in [0.25, 0.3) is 0 Å². The molecule has 198 valence electrons. The number of nitrogens with zero attached hydrogens (tertiary/aromatic N) is 1. The van der Waals surface area contributed by atoms with E-state index in [0.717, 1.165) is 5.57 Å². The molecule has 0 aromatic heterocycles. The second-order valence-electron chi connectivity index (χ2n) is 8.41. The summed E-state index contributed by atoms with van der Waals surface area (Å²) in [7, 11) is 2.94. The topological polar surface area (TPSA) is 135 Å². The predicted molar refractivity (Wildman–Crippen MR) is 141 cm³/mol. The lowest BCUT2D eigenvalue weighted by Crippen LogP contribution is -2.55. The molecule has 1 aromatic rings. The summed E-state index contributed by atoms with van der Waals surface area (Å²) >= 11 is 2.00. The van der Waals surface area contributed by atoms with Crippen LogP contribution in [0.3, 0.4) is 0 Å². The molecule has 1 aliphatic rings. The van der Waals surface area contributed by atoms with Crippen LogP contribution in [0.4, 0.5) is 0 Å². The molecule has 0 saturated carbocycles. The fraction of sp³-hybridized carbons (Fsp3) is 0.480. The van der Waals surface area contributed by atoms with Gasteiger partial charge in [-0.05, 0) is 54.6 Å². The third-order valence-electron chi connectivity index (χ3n) is 5.49. The third-order valence-corrected chi connectivity index (χ3v) is 6.29. The first-order valence-corrected chi connectivity index (χ1v) is 12.5. The summed E-state index contributed by atoms with van der Waals surface area (Å²) in [5.74, 6) is -0.183. The number of nitrogens with one attached hydrogen (secondary N) is 1. The fourth-order valence-corrected chi connectivity index (χ4v) is 4.55. The number of amides is 2. The number of hydrogen-bond donors (Lipinski definition) is 3. The second kappa shape index (κ2) is 14.3. The zero-order valence-electron chi connectivity index (χ0n) is 20.8. The van der Waals surface area contributed by atoms with E-state index in [9.17, 15) is 19.5 Å². The van der Waals surface area contributed by atoms with E-state index < -0.39 is 24.2 Å². The van der Waals surface area contributed by atoms with Gasteiger partial charge in [-0.3, -0.25) is 14.4 Å². The fourth-order valence-electron chi connectivity index (χ4n) is 3.80. The average Bonchev–Trinajstić information content (AvgIpc) is 2.84. The third kappa shape index (κ3) is 7.76. The Morgan fingerprint density at radius 3 is 2.58 bits per heavy atom. The zero-order valence-corrected chi connectivity index (χ0v) is 23.0. The number of hydrogen-bond acceptors (Lipinski definition) is 8. The molecule has 2 rings (SSSR count). The van der Waals surface area contributed by atoms with Gasteiger partial charge in [-0.25, -0.2) is 0 Å². The standard InChI is InChI=1S/C25H33IN2O8/c1-15(2)9-22(31)28(6-8-34-3)19-12-17(25(33)27-5-7-29)13-20(23(19)32)36-24-18(26)10-16(14-30)11-21(24)35-4/h9-11,13-14,19-20,23,29,32H,5-8,12H2,1-4H3,(H,27,33)/t19-,20+,23+/m1/s1. The van der Waals surface area contributed by atoms with Crippen molar-refractivity contribution in [2.24, 2.45) is 0 Å². The molecule has 0 fully saturated rings. The average molecular weight is 616 g/mol. The highest BCUT2D eigenvalue weighted by Gasteiger charge is 2.40. The van der Waals surface area contributed by atoms with Gasteiger partial charge in [0.15, 0.2) is 11.5 Å². The summed E-state index contributed by atoms with van der Waals surface area (Å²) in [4.78, 5) is 38.6. The van der Waals surface area contributed by atoms with E-state index in [1.165, 1.54) is 37.3 Å². The minimum Gasteiger partial charge on any atom is -0.493 e. The molecule has 0 bridgehead atoms. The van der Waals surface area contributed by atoms with E-state index in [1.54, 1.807) is 19.9 Å². The van der Waals surface area contributed by atoms with Gasteiger partial charge < -0.3 is 34.6 Å². The van der Waals surface area contributed by atoms with Crippen LogP contribution in [0, 0.1) is 3.57 Å². The van der Waals surface area contributed by atoms with Crippen LogP contribution in [0.2, 0.25) is 0 Å². The first-order chi connectivity index (χ1) is 17.2. The van der Waals surface area contributed by atoms with E-state index in [2.05, 4.69) is 5.32 Å². The largest absolute Gasteiger partial charge is 0.493 e. The first kappa shape index (κ1) is 29.7. The molecule has 0 saturated heterocycles. The Morgan fingerprint density at radius 2 is 2.00 bits per heavy atom. The summed E-state index contributed by atoms with van der Waals surface area (Å²) in [6, 6.07) is 2.32. The number of carbonyl (C=O) groups excluding carboxylic acids is 3. The van der Waals surface area contributed by atoms with E-state index in [-0.39, 0.29) is 44.4 Å². The van der Waals surface area contributed by atoms with Crippen LogP contribution < -0.4 is 14.8 Å². The molecule has 3 N–H and O–H groups in total. The Morgan fingerprint density at radius 1 is 1.28 bits per heavy atom. The maximum atomic E-state index is 13.1. The molecule has 2 amide bonds. The van der Waals surface area contributed by atoms with Crippen molar-refractivity contribution in [2.45, 2.75) is 38.5 Å². The lowest BCUT2D eigenvalue weighted by molar-refractivity contribution is -0.134. The number of methoxy groups -OCH3 is 2. The van der Waals surface area contributed by atoms with Gasteiger partial charge in [0.2, 0.25) is 11.8 Å². The Hall–Kier alpha value is -2.48. The molecule has 3 atom stereocenters. The summed E-state index contributed by atoms with van der Waals surface area (Å²) in [6.07, 6.45) is 1.52. The van der Waals surface area contributed by atoms with Crippen molar-refractivity contribution < 1.29 is 38.8 Å². The Labute approximate surface area is 224 Å². The van der Waals surface area contributed by atoms with Gasteiger partial charge in [0, 0.05) is 43.8 Å². The van der Waals surface area contributed by atoms with Crippen molar-refractivity contribution >= 4 is 40.7 Å². The number of aliphatic hydroxyl groups is 2. The van der Waals surface area contributed by atoms with Crippen LogP contribution in [-0.4, -0.2) is 92.0 Å². The highest BCUT2D eigenvalue weighted by atomic mass is 127. The molecule has 10 nitrogen and oxygen atoms in total. The van der Waals surface area contributed by atoms with Crippen molar-refractivity contribution in [3.63, 3.8) is 0 Å². The molecule has 1 aromatic carbocycles. The molecular weight excluding hydrogens is 583 g/mol. The normalized spacial score (nSPS) is 19.1. The molecule has 11 heteroatoms. The summed E-state index contributed by atoms with van der Waals surface area (Å²) < 4.78 is 17.3. The number of allylic oxidation sites excluding steroid dienone is 1. The number of rotatable bonds is 12. The second-order valence-corrected chi connectivity index (χ2v) is 9.58. The molecule has 0 spiro atoms. The van der Waals surface area contributed by atoms with Gasteiger partial charge in [-0.1, -0.05) is 5.57 Å². The monoisotopic (exact) mass is 616 g/mol. The Kier molecular flexibility index (Phi) is 11.8. The minimum absolute atomic E-state index is 0.0535. The highest BCUT2D eigenvalue weighted by molar-refractivity contribution is 14.1. The van der Waals surface area contributed by atoms with Crippen molar-refractivity contribution in [2.75, 3.05) is 40.5 Å². The van der Waals surface area contributed by atoms with E-state index in [1.807, 2.05) is 22.6 Å². The van der Waals surface area contributed by atoms with Gasteiger partial charge in [-0.2, -0.15) is 0 Å². The maximum absolute atomic E-state index is 13.1. The lowest BCUT2D eigenvalue weighted by Gasteiger charge is -2.40. The molecule has 0 unspecified atom stereocenters. The molecule has 36 heavy (non-hydrogen) atoms. The number of benzene rings is 1. The van der Waals surface area contributed by atoms with E-state index in [0.29, 0.717) is 26.7 Å². The molecule has 0 radical (unpaired) electrons. The van der Waals surface area contributed by atoms with Crippen molar-refractivity contribution in [3.05, 3.63) is 44.6 Å². The zero-order chi connectivity index (χ0) is 26.8. The number of halogens is 1. The molecule has 0 aliphatic heterocycles. The van der Waals surface area contributed by atoms with Crippen molar-refractivity contribution in [1.82, 2.24) is 10.2 Å². The van der Waals surface area contributed by atoms with E-state index in [4.69, 9.17) is 19.3 Å².